The summed E-state index contributed by atoms with van der Waals surface area (Å²) in [5.41, 5.74) is 1.13. The molecule has 0 saturated heterocycles. The molecule has 2 rings (SSSR count). The minimum atomic E-state index is 0.610. The summed E-state index contributed by atoms with van der Waals surface area (Å²) in [6.07, 6.45) is 1.00. The Bertz CT molecular complexity index is 707. The van der Waals surface area contributed by atoms with Crippen molar-refractivity contribution in [1.29, 1.82) is 0 Å². The molecule has 0 fully saturated rings. The van der Waals surface area contributed by atoms with Crippen LogP contribution in [0.3, 0.4) is 0 Å². The standard InChI is InChI=1S/C22H34N4O2S/c1-4-23-22(24-11-10-21-9-6-16-29-21)25-18-19-7-5-8-20(17-19)28-15-13-26(2)12-14-27-3/h5-9,16-17H,4,10-15,18H2,1-3H3,(H2,23,24,25). The number of thiophene rings is 1. The van der Waals surface area contributed by atoms with Gasteiger partial charge in [-0.05, 0) is 49.5 Å². The summed E-state index contributed by atoms with van der Waals surface area (Å²) in [5.74, 6) is 1.73. The highest BCUT2D eigenvalue weighted by molar-refractivity contribution is 7.09. The molecule has 1 heterocycles. The first-order chi connectivity index (χ1) is 14.2. The van der Waals surface area contributed by atoms with Crippen LogP contribution in [0.2, 0.25) is 0 Å². The van der Waals surface area contributed by atoms with Crippen LogP contribution in [-0.2, 0) is 17.7 Å². The van der Waals surface area contributed by atoms with Gasteiger partial charge in [0.25, 0.3) is 0 Å². The molecule has 0 atom stereocenters. The van der Waals surface area contributed by atoms with E-state index in [4.69, 9.17) is 14.5 Å². The smallest absolute Gasteiger partial charge is 0.191 e. The van der Waals surface area contributed by atoms with Crippen LogP contribution in [0.1, 0.15) is 17.4 Å². The van der Waals surface area contributed by atoms with E-state index in [1.165, 1.54) is 4.88 Å². The molecule has 0 amide bonds. The molecule has 160 valence electrons. The first kappa shape index (κ1) is 23.2. The van der Waals surface area contributed by atoms with Gasteiger partial charge in [-0.3, -0.25) is 0 Å². The second-order valence-corrected chi connectivity index (χ2v) is 7.78. The van der Waals surface area contributed by atoms with Crippen molar-refractivity contribution in [2.24, 2.45) is 4.99 Å². The summed E-state index contributed by atoms with van der Waals surface area (Å²) >= 11 is 1.79. The Balaban J connectivity index is 1.79. The lowest BCUT2D eigenvalue weighted by atomic mass is 10.2. The fourth-order valence-corrected chi connectivity index (χ4v) is 3.39. The Morgan fingerprint density at radius 3 is 2.76 bits per heavy atom. The molecule has 6 nitrogen and oxygen atoms in total. The summed E-state index contributed by atoms with van der Waals surface area (Å²) in [5, 5.41) is 8.82. The van der Waals surface area contributed by atoms with Crippen molar-refractivity contribution in [3.05, 3.63) is 52.2 Å². The van der Waals surface area contributed by atoms with E-state index in [2.05, 4.69) is 59.2 Å². The quantitative estimate of drug-likeness (QED) is 0.387. The molecular weight excluding hydrogens is 384 g/mol. The van der Waals surface area contributed by atoms with Crippen LogP contribution in [0.25, 0.3) is 0 Å². The number of benzene rings is 1. The molecule has 0 aliphatic heterocycles. The number of ether oxygens (including phenoxy) is 2. The topological polar surface area (TPSA) is 58.1 Å². The van der Waals surface area contributed by atoms with Gasteiger partial charge in [-0.15, -0.1) is 11.3 Å². The van der Waals surface area contributed by atoms with Gasteiger partial charge >= 0.3 is 0 Å². The maximum atomic E-state index is 5.90. The Hall–Kier alpha value is -2.09. The van der Waals surface area contributed by atoms with E-state index >= 15 is 0 Å². The predicted octanol–water partition coefficient (Wildman–Crippen LogP) is 3.00. The van der Waals surface area contributed by atoms with Crippen molar-refractivity contribution in [1.82, 2.24) is 15.5 Å². The fraction of sp³-hybridized carbons (Fsp3) is 0.500. The molecule has 0 spiro atoms. The van der Waals surface area contributed by atoms with E-state index in [0.29, 0.717) is 13.2 Å². The highest BCUT2D eigenvalue weighted by atomic mass is 32.1. The summed E-state index contributed by atoms with van der Waals surface area (Å²) in [6, 6.07) is 12.4. The van der Waals surface area contributed by atoms with Crippen molar-refractivity contribution in [3.8, 4) is 5.75 Å². The number of nitrogens with one attached hydrogen (secondary N) is 2. The number of hydrogen-bond acceptors (Lipinski definition) is 5. The SMILES string of the molecule is CCNC(=NCc1cccc(OCCN(C)CCOC)c1)NCCc1cccs1. The molecule has 0 unspecified atom stereocenters. The number of aliphatic imine (C=N–C) groups is 1. The van der Waals surface area contributed by atoms with Crippen molar-refractivity contribution in [2.75, 3.05) is 53.6 Å². The van der Waals surface area contributed by atoms with E-state index in [-0.39, 0.29) is 0 Å². The average molecular weight is 419 g/mol. The Kier molecular flexibility index (Phi) is 11.2. The molecule has 1 aromatic carbocycles. The van der Waals surface area contributed by atoms with Gasteiger partial charge < -0.3 is 25.0 Å². The van der Waals surface area contributed by atoms with Gasteiger partial charge in [0, 0.05) is 38.2 Å². The molecule has 2 aromatic rings. The van der Waals surface area contributed by atoms with E-state index in [1.807, 2.05) is 12.1 Å². The van der Waals surface area contributed by atoms with Gasteiger partial charge in [-0.1, -0.05) is 18.2 Å². The van der Waals surface area contributed by atoms with E-state index in [0.717, 1.165) is 56.5 Å². The first-order valence-electron chi connectivity index (χ1n) is 10.1. The highest BCUT2D eigenvalue weighted by Crippen LogP contribution is 2.14. The minimum absolute atomic E-state index is 0.610. The lowest BCUT2D eigenvalue weighted by Crippen LogP contribution is -2.38. The number of likely N-dealkylation sites (N-methyl/N-ethyl adjacent to an activating group) is 1. The third kappa shape index (κ3) is 9.78. The fourth-order valence-electron chi connectivity index (χ4n) is 2.68. The van der Waals surface area contributed by atoms with Crippen LogP contribution < -0.4 is 15.4 Å². The summed E-state index contributed by atoms with van der Waals surface area (Å²) in [6.45, 7) is 7.55. The van der Waals surface area contributed by atoms with Gasteiger partial charge in [0.15, 0.2) is 5.96 Å². The number of rotatable bonds is 13. The summed E-state index contributed by atoms with van der Waals surface area (Å²) < 4.78 is 11.0. The Morgan fingerprint density at radius 1 is 1.14 bits per heavy atom. The van der Waals surface area contributed by atoms with E-state index in [9.17, 15) is 0 Å². The Morgan fingerprint density at radius 2 is 2.00 bits per heavy atom. The van der Waals surface area contributed by atoms with Crippen LogP contribution >= 0.6 is 11.3 Å². The number of methoxy groups -OCH3 is 1. The van der Waals surface area contributed by atoms with Crippen LogP contribution in [0.4, 0.5) is 0 Å². The largest absolute Gasteiger partial charge is 0.492 e. The molecule has 7 heteroatoms. The minimum Gasteiger partial charge on any atom is -0.492 e. The van der Waals surface area contributed by atoms with Crippen molar-refractivity contribution in [3.63, 3.8) is 0 Å². The van der Waals surface area contributed by atoms with E-state index < -0.39 is 0 Å². The molecule has 29 heavy (non-hydrogen) atoms. The lowest BCUT2D eigenvalue weighted by Gasteiger charge is -2.16. The van der Waals surface area contributed by atoms with Crippen LogP contribution in [0, 0.1) is 0 Å². The Labute approximate surface area is 178 Å². The van der Waals surface area contributed by atoms with Gasteiger partial charge in [0.05, 0.1) is 13.2 Å². The molecule has 0 aliphatic rings. The monoisotopic (exact) mass is 418 g/mol. The molecular formula is C22H34N4O2S. The normalized spacial score (nSPS) is 11.7. The molecule has 1 aromatic heterocycles. The summed E-state index contributed by atoms with van der Waals surface area (Å²) in [7, 11) is 3.79. The molecule has 0 bridgehead atoms. The average Bonchev–Trinajstić information content (AvgIpc) is 3.24. The maximum absolute atomic E-state index is 5.90. The first-order valence-corrected chi connectivity index (χ1v) is 11.0. The molecule has 0 saturated carbocycles. The molecule has 2 N–H and O–H groups in total. The van der Waals surface area contributed by atoms with Gasteiger partial charge in [0.2, 0.25) is 0 Å². The van der Waals surface area contributed by atoms with Crippen LogP contribution in [0.15, 0.2) is 46.8 Å². The zero-order chi connectivity index (χ0) is 20.7. The second-order valence-electron chi connectivity index (χ2n) is 6.74. The number of guanidine groups is 1. The predicted molar refractivity (Wildman–Crippen MR) is 122 cm³/mol. The molecule has 0 radical (unpaired) electrons. The number of hydrogen-bond donors (Lipinski definition) is 2. The number of nitrogens with zero attached hydrogens (tertiary/aromatic N) is 2. The van der Waals surface area contributed by atoms with Gasteiger partial charge in [0.1, 0.15) is 12.4 Å². The van der Waals surface area contributed by atoms with E-state index in [1.54, 1.807) is 18.4 Å². The van der Waals surface area contributed by atoms with Crippen molar-refractivity contribution >= 4 is 17.3 Å². The lowest BCUT2D eigenvalue weighted by molar-refractivity contribution is 0.150. The van der Waals surface area contributed by atoms with Crippen molar-refractivity contribution < 1.29 is 9.47 Å². The van der Waals surface area contributed by atoms with Gasteiger partial charge in [-0.2, -0.15) is 0 Å². The van der Waals surface area contributed by atoms with Gasteiger partial charge in [-0.25, -0.2) is 4.99 Å². The third-order valence-electron chi connectivity index (χ3n) is 4.33. The zero-order valence-electron chi connectivity index (χ0n) is 17.8. The zero-order valence-corrected chi connectivity index (χ0v) is 18.6. The van der Waals surface area contributed by atoms with Crippen LogP contribution in [-0.4, -0.2) is 64.4 Å². The second kappa shape index (κ2) is 14.0. The third-order valence-corrected chi connectivity index (χ3v) is 5.26. The van der Waals surface area contributed by atoms with Crippen LogP contribution in [0.5, 0.6) is 5.75 Å². The molecule has 0 aliphatic carbocycles. The maximum Gasteiger partial charge on any atom is 0.191 e. The summed E-state index contributed by atoms with van der Waals surface area (Å²) in [4.78, 5) is 8.28. The highest BCUT2D eigenvalue weighted by Gasteiger charge is 2.02. The van der Waals surface area contributed by atoms with Crippen molar-refractivity contribution in [2.45, 2.75) is 19.9 Å².